The number of ether oxygens (including phenoxy) is 7. The summed E-state index contributed by atoms with van der Waals surface area (Å²) < 4.78 is 142. The number of phosphoric acid groups is 2. The number of aliphatic hydroxyl groups excluding tert-OH is 1. The second-order valence-electron chi connectivity index (χ2n) is 18.3. The van der Waals surface area contributed by atoms with Gasteiger partial charge in [0.05, 0.1) is 26.4 Å². The van der Waals surface area contributed by atoms with Crippen LogP contribution in [0.1, 0.15) is 24.9 Å². The van der Waals surface area contributed by atoms with Crippen molar-refractivity contribution in [2.24, 2.45) is 0 Å². The molecule has 0 radical (unpaired) electrons. The molecule has 4 aromatic heterocycles. The van der Waals surface area contributed by atoms with Gasteiger partial charge < -0.3 is 63.2 Å². The van der Waals surface area contributed by atoms with Crippen LogP contribution in [0, 0.1) is 0 Å². The predicted molar refractivity (Wildman–Crippen MR) is 284 cm³/mol. The highest BCUT2D eigenvalue weighted by molar-refractivity contribution is 8.44. The van der Waals surface area contributed by atoms with Crippen LogP contribution >= 0.6 is 41.4 Å². The van der Waals surface area contributed by atoms with Crippen LogP contribution in [0.3, 0.4) is 0 Å². The molecular formula is C40H54FN9O29P4S2. The summed E-state index contributed by atoms with van der Waals surface area (Å²) in [5, 5.41) is 11.1. The molecule has 20 atom stereocenters. The number of halogens is 1. The maximum Gasteiger partial charge on any atom is 0.472 e. The number of aliphatic hydroxyl groups is 1. The Hall–Kier alpha value is -4.42. The van der Waals surface area contributed by atoms with Crippen molar-refractivity contribution in [3.05, 3.63) is 122 Å². The monoisotopic (exact) mass is 1330 g/mol. The van der Waals surface area contributed by atoms with E-state index in [1.807, 2.05) is 15.0 Å². The zero-order valence-electron chi connectivity index (χ0n) is 44.0. The van der Waals surface area contributed by atoms with Gasteiger partial charge in [-0.15, -0.1) is 0 Å². The highest BCUT2D eigenvalue weighted by atomic mass is 32.7. The van der Waals surface area contributed by atoms with Crippen LogP contribution in [0.25, 0.3) is 0 Å². The molecule has 85 heavy (non-hydrogen) atoms. The first-order valence-electron chi connectivity index (χ1n) is 24.3. The SMILES string of the molecule is CO[C@H]1C(O)[C@@H](COP(=O)(S)OC2[C@@H](COP(O)(=S)OC3[C@@H](COP(=O)(O)OC4[C@@H](COP(=O)(O)OC)O[C@@H](n5ccc(=O)[nH]c5=O)[C@H]4F)O[C@@H](n4ccc(=O)[nH]c4=O)[C@H]3OC)O[C@@H](n3ccc(N)nc3=O)[C@H]2OC)O[C@H]1n1ccc(=O)[nH]c1=O. The van der Waals surface area contributed by atoms with Crippen LogP contribution in [-0.4, -0.2) is 186 Å². The van der Waals surface area contributed by atoms with Gasteiger partial charge in [0, 0.05) is 71.4 Å². The average molecular weight is 1330 g/mol. The van der Waals surface area contributed by atoms with Crippen molar-refractivity contribution in [3.63, 3.8) is 0 Å². The van der Waals surface area contributed by atoms with Gasteiger partial charge >= 0.3 is 51.9 Å². The Bertz CT molecular complexity index is 3690. The first-order valence-corrected chi connectivity index (χ1v) is 32.6. The molecule has 4 aromatic rings. The minimum absolute atomic E-state index is 0.199. The van der Waals surface area contributed by atoms with Gasteiger partial charge in [-0.25, -0.2) is 37.3 Å². The van der Waals surface area contributed by atoms with E-state index in [0.717, 1.165) is 78.0 Å². The lowest BCUT2D eigenvalue weighted by Crippen LogP contribution is -2.40. The quantitative estimate of drug-likeness (QED) is 0.0225. The van der Waals surface area contributed by atoms with Crippen LogP contribution in [-0.2, 0) is 94.9 Å². The average Bonchev–Trinajstić information content (AvgIpc) is 4.34. The summed E-state index contributed by atoms with van der Waals surface area (Å²) in [4.78, 5) is 129. The van der Waals surface area contributed by atoms with Crippen molar-refractivity contribution in [1.82, 2.24) is 38.2 Å². The molecule has 8 rings (SSSR count). The van der Waals surface area contributed by atoms with E-state index in [0.29, 0.717) is 4.57 Å². The Morgan fingerprint density at radius 1 is 0.576 bits per heavy atom. The highest BCUT2D eigenvalue weighted by Gasteiger charge is 2.55. The largest absolute Gasteiger partial charge is 0.472 e. The molecule has 0 bridgehead atoms. The van der Waals surface area contributed by atoms with E-state index in [2.05, 4.69) is 21.8 Å². The molecule has 0 aliphatic carbocycles. The molecule has 0 aromatic carbocycles. The highest BCUT2D eigenvalue weighted by Crippen LogP contribution is 2.58. The lowest BCUT2D eigenvalue weighted by atomic mass is 10.1. The summed E-state index contributed by atoms with van der Waals surface area (Å²) in [6, 6.07) is 3.95. The maximum absolute atomic E-state index is 16.3. The zero-order chi connectivity index (χ0) is 62.1. The molecule has 4 saturated heterocycles. The first kappa shape index (κ1) is 66.5. The number of aromatic amines is 3. The third-order valence-electron chi connectivity index (χ3n) is 13.1. The molecule has 4 aliphatic heterocycles. The molecule has 8 unspecified atom stereocenters. The van der Waals surface area contributed by atoms with E-state index in [4.69, 9.17) is 82.4 Å². The third kappa shape index (κ3) is 15.5. The Morgan fingerprint density at radius 3 is 1.48 bits per heavy atom. The van der Waals surface area contributed by atoms with Crippen LogP contribution in [0.15, 0.2) is 82.6 Å². The summed E-state index contributed by atoms with van der Waals surface area (Å²) in [5.41, 5.74) is -0.966. The number of H-pyrrole nitrogens is 3. The second-order valence-corrected chi connectivity index (χ2v) is 27.0. The van der Waals surface area contributed by atoms with E-state index in [9.17, 15) is 67.0 Å². The summed E-state index contributed by atoms with van der Waals surface area (Å²) in [6.45, 7) is -13.5. The van der Waals surface area contributed by atoms with Crippen molar-refractivity contribution in [1.29, 1.82) is 0 Å². The maximum atomic E-state index is 16.3. The standard InChI is InChI=1S/C40H54FN9O29P4S2/c1-65-30-26(54)17(73-34(30)49-11-7-23(52)45-39(49)57)13-71-82(63,84)79-29-20(76-35(32(29)67-3)48-9-5-21(42)43-37(48)55)16-72-83(64,85)78-28-19(75-36(31(28)66-2)50-12-8-24(53)46-40(50)58)15-70-81(61,62)77-27-18(14-69-80(59,60)68-4)74-33(25(27)41)47-10-6-22(51)44-38(47)56/h5-12,17-20,25-36,54H,13-16H2,1-4H3,(H,59,60)(H,61,62)(H,63,84)(H,64,85)(H2,42,43,55)(H,44,51,56)(H,45,52,57)(H,46,53,58)/t17-,18-,19-,20-,25+,26?,27?,28?,29?,30+,31+,32+,33-,34-,35-,36-,82?,83?/m1/s1. The number of nitrogens with two attached hydrogens (primary N) is 1. The number of phosphoric ester groups is 2. The van der Waals surface area contributed by atoms with Gasteiger partial charge in [-0.05, 0) is 17.9 Å². The van der Waals surface area contributed by atoms with Crippen molar-refractivity contribution in [2.45, 2.75) is 98.2 Å². The van der Waals surface area contributed by atoms with Crippen LogP contribution in [0.5, 0.6) is 0 Å². The first-order chi connectivity index (χ1) is 40.0. The van der Waals surface area contributed by atoms with E-state index in [1.165, 1.54) is 13.2 Å². The predicted octanol–water partition coefficient (Wildman–Crippen LogP) is -2.87. The molecule has 0 spiro atoms. The lowest BCUT2D eigenvalue weighted by molar-refractivity contribution is -0.0660. The van der Waals surface area contributed by atoms with E-state index < -0.39 is 193 Å². The van der Waals surface area contributed by atoms with E-state index in [1.54, 1.807) is 0 Å². The topological polar surface area (TPSA) is 496 Å². The molecule has 38 nitrogen and oxygen atoms in total. The summed E-state index contributed by atoms with van der Waals surface area (Å²) in [6.07, 6.45) is -23.5. The number of rotatable bonds is 26. The Labute approximate surface area is 483 Å². The number of anilines is 1. The fourth-order valence-corrected chi connectivity index (χ4v) is 13.5. The number of hydrogen-bond acceptors (Lipinski definition) is 29. The van der Waals surface area contributed by atoms with Gasteiger partial charge in [0.15, 0.2) is 31.1 Å². The number of aromatic nitrogens is 8. The number of thiol groups is 1. The smallest absolute Gasteiger partial charge is 0.387 e. The van der Waals surface area contributed by atoms with Gasteiger partial charge in [0.1, 0.15) is 73.0 Å². The van der Waals surface area contributed by atoms with Gasteiger partial charge in [-0.1, -0.05) is 12.2 Å². The minimum Gasteiger partial charge on any atom is -0.387 e. The van der Waals surface area contributed by atoms with Crippen molar-refractivity contribution in [2.75, 3.05) is 60.6 Å². The van der Waals surface area contributed by atoms with Gasteiger partial charge in [0.25, 0.3) is 16.7 Å². The molecular weight excluding hydrogens is 1280 g/mol. The Kier molecular flexibility index (Phi) is 21.2. The molecule has 0 amide bonds. The Morgan fingerprint density at radius 2 is 0.988 bits per heavy atom. The molecule has 8 heterocycles. The van der Waals surface area contributed by atoms with Gasteiger partial charge in [-0.2, -0.15) is 4.98 Å². The molecule has 45 heteroatoms. The number of alkyl halides is 1. The number of methoxy groups -OCH3 is 3. The van der Waals surface area contributed by atoms with E-state index in [-0.39, 0.29) is 5.82 Å². The number of nitrogen functional groups attached to an aromatic ring is 1. The second kappa shape index (κ2) is 27.1. The van der Waals surface area contributed by atoms with Crippen molar-refractivity contribution in [3.8, 4) is 0 Å². The summed E-state index contributed by atoms with van der Waals surface area (Å²) >= 11 is 9.53. The number of hydrogen-bond donors (Lipinski definition) is 9. The van der Waals surface area contributed by atoms with Crippen LogP contribution < -0.4 is 45.2 Å². The molecule has 472 valence electrons. The zero-order valence-corrected chi connectivity index (χ0v) is 49.3. The molecule has 4 aliphatic rings. The third-order valence-corrected chi connectivity index (χ3v) is 18.2. The molecule has 4 fully saturated rings. The van der Waals surface area contributed by atoms with Crippen molar-refractivity contribution >= 4 is 59.0 Å². The number of nitrogens with one attached hydrogen (secondary N) is 3. The van der Waals surface area contributed by atoms with Crippen molar-refractivity contribution < 1.29 is 107 Å². The minimum atomic E-state index is -5.68. The van der Waals surface area contributed by atoms with Crippen LogP contribution in [0.2, 0.25) is 0 Å². The fourth-order valence-electron chi connectivity index (χ4n) is 9.18. The fraction of sp³-hybridized carbons (Fsp3) is 0.600. The summed E-state index contributed by atoms with van der Waals surface area (Å²) in [7, 11) is -6.34. The van der Waals surface area contributed by atoms with Gasteiger partial charge in [0.2, 0.25) is 0 Å². The number of nitrogens with zero attached hydrogens (tertiary/aromatic N) is 5. The van der Waals surface area contributed by atoms with E-state index >= 15 is 4.39 Å². The molecule has 0 saturated carbocycles. The van der Waals surface area contributed by atoms with Crippen LogP contribution in [0.4, 0.5) is 10.2 Å². The lowest BCUT2D eigenvalue weighted by Gasteiger charge is -2.29. The van der Waals surface area contributed by atoms with Gasteiger partial charge in [-0.3, -0.25) is 79.3 Å². The normalized spacial score (nSPS) is 32.4. The summed E-state index contributed by atoms with van der Waals surface area (Å²) in [5.74, 6) is -0.199. The molecule has 9 N–H and O–H groups in total. The Balaban J connectivity index is 1.02.